The van der Waals surface area contributed by atoms with Gasteiger partial charge in [0.2, 0.25) is 5.91 Å². The van der Waals surface area contributed by atoms with Crippen LogP contribution in [0.3, 0.4) is 0 Å². The Labute approximate surface area is 143 Å². The van der Waals surface area contributed by atoms with Crippen molar-refractivity contribution in [1.29, 1.82) is 0 Å². The summed E-state index contributed by atoms with van der Waals surface area (Å²) >= 11 is 0. The highest BCUT2D eigenvalue weighted by atomic mass is 16.5. The lowest BCUT2D eigenvalue weighted by atomic mass is 9.62. The summed E-state index contributed by atoms with van der Waals surface area (Å²) in [4.78, 5) is 15.4. The van der Waals surface area contributed by atoms with Crippen molar-refractivity contribution in [3.05, 3.63) is 29.3 Å². The topological polar surface area (TPSA) is 49.8 Å². The Bertz CT molecular complexity index is 617. The molecule has 1 atom stereocenters. The van der Waals surface area contributed by atoms with Crippen LogP contribution in [0, 0.1) is 5.41 Å². The lowest BCUT2D eigenvalue weighted by Crippen LogP contribution is -2.56. The molecular formula is C20H27NO3. The fourth-order valence-electron chi connectivity index (χ4n) is 4.64. The minimum Gasteiger partial charge on any atom is -0.508 e. The van der Waals surface area contributed by atoms with E-state index in [9.17, 15) is 9.90 Å². The van der Waals surface area contributed by atoms with Crippen LogP contribution in [0.25, 0.3) is 0 Å². The molecule has 0 radical (unpaired) electrons. The molecule has 1 N–H and O–H groups in total. The second-order valence-corrected chi connectivity index (χ2v) is 7.61. The van der Waals surface area contributed by atoms with Crippen molar-refractivity contribution in [2.45, 2.75) is 57.5 Å². The molecule has 1 aliphatic carbocycles. The zero-order chi connectivity index (χ0) is 16.6. The summed E-state index contributed by atoms with van der Waals surface area (Å²) in [6.07, 6.45) is 8.30. The average molecular weight is 329 g/mol. The largest absolute Gasteiger partial charge is 0.508 e. The number of aromatic hydroxyl groups is 1. The number of amides is 1. The highest BCUT2D eigenvalue weighted by Gasteiger charge is 2.52. The fraction of sp³-hybridized carbons (Fsp3) is 0.650. The van der Waals surface area contributed by atoms with Crippen LogP contribution in [0.4, 0.5) is 0 Å². The number of hydrogen-bond donors (Lipinski definition) is 1. The maximum Gasteiger partial charge on any atom is 0.231 e. The third kappa shape index (κ3) is 2.71. The molecule has 1 saturated carbocycles. The molecule has 2 heterocycles. The predicted octanol–water partition coefficient (Wildman–Crippen LogP) is 3.06. The number of phenolic OH excluding ortho intramolecular Hbond substituents is 1. The van der Waals surface area contributed by atoms with E-state index in [0.29, 0.717) is 11.7 Å². The molecule has 4 nitrogen and oxygen atoms in total. The van der Waals surface area contributed by atoms with Crippen LogP contribution in [0.5, 0.6) is 5.75 Å². The Morgan fingerprint density at radius 1 is 1.12 bits per heavy atom. The van der Waals surface area contributed by atoms with E-state index in [2.05, 4.69) is 4.90 Å². The molecule has 0 spiro atoms. The lowest BCUT2D eigenvalue weighted by Gasteiger charge is -2.49. The van der Waals surface area contributed by atoms with Crippen molar-refractivity contribution in [2.24, 2.45) is 5.41 Å². The van der Waals surface area contributed by atoms with Gasteiger partial charge in [0.1, 0.15) is 5.75 Å². The van der Waals surface area contributed by atoms with Crippen LogP contribution in [-0.4, -0.2) is 41.7 Å². The van der Waals surface area contributed by atoms with E-state index in [0.717, 1.165) is 64.6 Å². The molecule has 130 valence electrons. The Balaban J connectivity index is 1.50. The predicted molar refractivity (Wildman–Crippen MR) is 92.0 cm³/mol. The third-order valence-corrected chi connectivity index (χ3v) is 6.25. The van der Waals surface area contributed by atoms with Crippen molar-refractivity contribution >= 4 is 5.91 Å². The van der Waals surface area contributed by atoms with Gasteiger partial charge in [-0.05, 0) is 68.2 Å². The Morgan fingerprint density at radius 3 is 2.58 bits per heavy atom. The van der Waals surface area contributed by atoms with E-state index in [-0.39, 0.29) is 11.5 Å². The van der Waals surface area contributed by atoms with Crippen LogP contribution in [0.15, 0.2) is 18.2 Å². The van der Waals surface area contributed by atoms with Crippen molar-refractivity contribution in [1.82, 2.24) is 4.90 Å². The Morgan fingerprint density at radius 2 is 1.92 bits per heavy atom. The van der Waals surface area contributed by atoms with E-state index in [1.54, 1.807) is 6.07 Å². The number of rotatable bonds is 2. The van der Waals surface area contributed by atoms with Crippen LogP contribution < -0.4 is 0 Å². The maximum absolute atomic E-state index is 13.4. The first-order valence-corrected chi connectivity index (χ1v) is 9.41. The van der Waals surface area contributed by atoms with Gasteiger partial charge >= 0.3 is 0 Å². The van der Waals surface area contributed by atoms with Crippen LogP contribution >= 0.6 is 0 Å². The number of nitrogens with zero attached hydrogens (tertiary/aromatic N) is 1. The van der Waals surface area contributed by atoms with Gasteiger partial charge in [0.15, 0.2) is 0 Å². The molecule has 1 saturated heterocycles. The number of phenols is 1. The monoisotopic (exact) mass is 329 g/mol. The molecular weight excluding hydrogens is 302 g/mol. The van der Waals surface area contributed by atoms with Crippen molar-refractivity contribution in [3.63, 3.8) is 0 Å². The van der Waals surface area contributed by atoms with Crippen molar-refractivity contribution in [2.75, 3.05) is 19.7 Å². The quantitative estimate of drug-likeness (QED) is 0.907. The third-order valence-electron chi connectivity index (χ3n) is 6.25. The number of hydrogen-bond acceptors (Lipinski definition) is 3. The van der Waals surface area contributed by atoms with Gasteiger partial charge < -0.3 is 14.7 Å². The molecule has 3 aliphatic rings. The second kappa shape index (κ2) is 6.40. The van der Waals surface area contributed by atoms with Gasteiger partial charge in [0.05, 0.1) is 11.5 Å². The van der Waals surface area contributed by atoms with Crippen LogP contribution in [-0.2, 0) is 22.4 Å². The van der Waals surface area contributed by atoms with Gasteiger partial charge in [-0.25, -0.2) is 0 Å². The molecule has 2 aliphatic heterocycles. The minimum absolute atomic E-state index is 0.127. The summed E-state index contributed by atoms with van der Waals surface area (Å²) in [6, 6.07) is 5.61. The highest BCUT2D eigenvalue weighted by molar-refractivity contribution is 5.84. The molecule has 1 aromatic carbocycles. The van der Waals surface area contributed by atoms with Gasteiger partial charge in [0.25, 0.3) is 0 Å². The van der Waals surface area contributed by atoms with E-state index >= 15 is 0 Å². The summed E-state index contributed by atoms with van der Waals surface area (Å²) in [7, 11) is 0. The highest BCUT2D eigenvalue weighted by Crippen LogP contribution is 2.49. The van der Waals surface area contributed by atoms with Crippen LogP contribution in [0.2, 0.25) is 0 Å². The first kappa shape index (κ1) is 15.9. The van der Waals surface area contributed by atoms with E-state index in [4.69, 9.17) is 4.74 Å². The van der Waals surface area contributed by atoms with Gasteiger partial charge in [-0.1, -0.05) is 12.5 Å². The number of ether oxygens (including phenoxy) is 1. The molecule has 1 amide bonds. The lowest BCUT2D eigenvalue weighted by molar-refractivity contribution is -0.167. The molecule has 2 fully saturated rings. The first-order valence-electron chi connectivity index (χ1n) is 9.41. The average Bonchev–Trinajstić information content (AvgIpc) is 2.77. The summed E-state index contributed by atoms with van der Waals surface area (Å²) in [6.45, 7) is 2.35. The number of benzene rings is 1. The molecule has 24 heavy (non-hydrogen) atoms. The summed E-state index contributed by atoms with van der Waals surface area (Å²) in [5.41, 5.74) is 2.19. The zero-order valence-electron chi connectivity index (χ0n) is 14.3. The smallest absolute Gasteiger partial charge is 0.231 e. The standard InChI is InChI=1S/C20H27NO3/c22-17-6-5-15-7-11-21(12-8-16(15)14-17)19(23)20(9-3-10-20)18-4-1-2-13-24-18/h5-6,14,18,22H,1-4,7-13H2. The minimum atomic E-state index is -0.251. The first-order chi connectivity index (χ1) is 11.7. The second-order valence-electron chi connectivity index (χ2n) is 7.61. The van der Waals surface area contributed by atoms with Gasteiger partial charge in [0, 0.05) is 19.7 Å². The number of fused-ring (bicyclic) bond motifs is 1. The van der Waals surface area contributed by atoms with Crippen LogP contribution in [0.1, 0.15) is 49.7 Å². The number of carbonyl (C=O) groups is 1. The van der Waals surface area contributed by atoms with E-state index in [1.807, 2.05) is 12.1 Å². The van der Waals surface area contributed by atoms with Crippen molar-refractivity contribution in [3.8, 4) is 5.75 Å². The normalized spacial score (nSPS) is 26.2. The fourth-order valence-corrected chi connectivity index (χ4v) is 4.64. The maximum atomic E-state index is 13.4. The van der Waals surface area contributed by atoms with Gasteiger partial charge in [-0.3, -0.25) is 4.79 Å². The van der Waals surface area contributed by atoms with Crippen molar-refractivity contribution < 1.29 is 14.6 Å². The summed E-state index contributed by atoms with van der Waals surface area (Å²) in [5, 5.41) is 9.70. The summed E-state index contributed by atoms with van der Waals surface area (Å²) < 4.78 is 6.03. The van der Waals surface area contributed by atoms with Gasteiger partial charge in [-0.2, -0.15) is 0 Å². The molecule has 4 heteroatoms. The van der Waals surface area contributed by atoms with Gasteiger partial charge in [-0.15, -0.1) is 0 Å². The summed E-state index contributed by atoms with van der Waals surface area (Å²) in [5.74, 6) is 0.636. The molecule has 1 aromatic rings. The molecule has 1 unspecified atom stereocenters. The zero-order valence-corrected chi connectivity index (χ0v) is 14.3. The van der Waals surface area contributed by atoms with E-state index < -0.39 is 0 Å². The Hall–Kier alpha value is -1.55. The number of carbonyl (C=O) groups excluding carboxylic acids is 1. The van der Waals surface area contributed by atoms with E-state index in [1.165, 1.54) is 17.5 Å². The Kier molecular flexibility index (Phi) is 4.25. The molecule has 0 bridgehead atoms. The SMILES string of the molecule is O=C(N1CCc2ccc(O)cc2CC1)C1(C2CCCCO2)CCC1. The molecule has 0 aromatic heterocycles. The molecule has 4 rings (SSSR count).